The summed E-state index contributed by atoms with van der Waals surface area (Å²) in [4.78, 5) is 7.51. The van der Waals surface area contributed by atoms with Gasteiger partial charge in [-0.3, -0.25) is 0 Å². The topological polar surface area (TPSA) is 19.0 Å². The molecule has 0 bridgehead atoms. The van der Waals surface area contributed by atoms with Crippen LogP contribution in [0, 0.1) is 27.7 Å². The maximum Gasteiger partial charge on any atom is 0.261 e. The van der Waals surface area contributed by atoms with Gasteiger partial charge < -0.3 is 19.4 Å². The van der Waals surface area contributed by atoms with Crippen LogP contribution in [0.15, 0.2) is 84.9 Å². The van der Waals surface area contributed by atoms with E-state index in [1.807, 2.05) is 0 Å². The molecule has 0 radical (unpaired) electrons. The lowest BCUT2D eigenvalue weighted by Crippen LogP contribution is -2.67. The van der Waals surface area contributed by atoms with Gasteiger partial charge in [-0.1, -0.05) is 35.4 Å². The number of nitrogens with zero attached hydrogens (tertiary/aromatic N) is 3. The Bertz CT molecular complexity index is 2040. The van der Waals surface area contributed by atoms with E-state index in [1.54, 1.807) is 0 Å². The highest BCUT2D eigenvalue weighted by Crippen LogP contribution is 2.50. The van der Waals surface area contributed by atoms with Gasteiger partial charge in [0, 0.05) is 51.3 Å². The highest BCUT2D eigenvalue weighted by atomic mass is 16.5. The van der Waals surface area contributed by atoms with Crippen LogP contribution < -0.4 is 35.8 Å². The number of aryl methyl sites for hydroxylation is 4. The molecule has 3 aliphatic heterocycles. The van der Waals surface area contributed by atoms with E-state index in [0.29, 0.717) is 0 Å². The number of rotatable bonds is 3. The summed E-state index contributed by atoms with van der Waals surface area (Å²) in [6, 6.07) is 31.8. The quantitative estimate of drug-likeness (QED) is 0.184. The second-order valence-corrected chi connectivity index (χ2v) is 15.8. The van der Waals surface area contributed by atoms with Crippen molar-refractivity contribution in [2.75, 3.05) is 14.7 Å². The number of hydrogen-bond donors (Lipinski definition) is 0. The van der Waals surface area contributed by atoms with Crippen molar-refractivity contribution in [2.24, 2.45) is 0 Å². The van der Waals surface area contributed by atoms with Crippen molar-refractivity contribution in [3.8, 4) is 11.5 Å². The minimum absolute atomic E-state index is 0.0865. The number of benzene rings is 5. The second-order valence-electron chi connectivity index (χ2n) is 15.8. The van der Waals surface area contributed by atoms with Crippen molar-refractivity contribution in [1.82, 2.24) is 0 Å². The highest BCUT2D eigenvalue weighted by Gasteiger charge is 2.51. The van der Waals surface area contributed by atoms with E-state index in [9.17, 15) is 0 Å². The Hall–Kier alpha value is -4.64. The maximum absolute atomic E-state index is 7.10. The van der Waals surface area contributed by atoms with Gasteiger partial charge in [-0.25, -0.2) is 0 Å². The van der Waals surface area contributed by atoms with Gasteiger partial charge in [-0.2, -0.15) is 0 Å². The van der Waals surface area contributed by atoms with E-state index >= 15 is 0 Å². The van der Waals surface area contributed by atoms with Crippen LogP contribution in [0.4, 0.5) is 39.8 Å². The molecule has 4 nitrogen and oxygen atoms in total. The Morgan fingerprint density at radius 2 is 0.872 bits per heavy atom. The van der Waals surface area contributed by atoms with Crippen molar-refractivity contribution >= 4 is 62.9 Å². The number of ether oxygens (including phenoxy) is 1. The number of anilines is 7. The lowest BCUT2D eigenvalue weighted by atomic mass is 9.32. The van der Waals surface area contributed by atoms with Crippen LogP contribution in [-0.4, -0.2) is 17.8 Å². The van der Waals surface area contributed by atoms with E-state index in [0.717, 1.165) is 28.6 Å². The minimum atomic E-state index is -0.197. The predicted molar refractivity (Wildman–Crippen MR) is 201 cm³/mol. The average molecular weight is 618 g/mol. The fraction of sp³-hybridized carbons (Fsp3) is 0.286. The van der Waals surface area contributed by atoms with Crippen LogP contribution >= 0.6 is 0 Å². The lowest BCUT2D eigenvalue weighted by Gasteiger charge is -2.52. The lowest BCUT2D eigenvalue weighted by molar-refractivity contribution is 0.484. The van der Waals surface area contributed by atoms with Crippen molar-refractivity contribution in [2.45, 2.75) is 80.3 Å². The van der Waals surface area contributed by atoms with Crippen LogP contribution in [0.5, 0.6) is 11.5 Å². The van der Waals surface area contributed by atoms with Gasteiger partial charge >= 0.3 is 0 Å². The van der Waals surface area contributed by atoms with Gasteiger partial charge in [-0.15, -0.1) is 0 Å². The van der Waals surface area contributed by atoms with Gasteiger partial charge in [0.25, 0.3) is 6.71 Å². The first-order chi connectivity index (χ1) is 22.2. The molecule has 47 heavy (non-hydrogen) atoms. The molecule has 5 aromatic carbocycles. The average Bonchev–Trinajstić information content (AvgIpc) is 2.97. The Morgan fingerprint density at radius 3 is 1.34 bits per heavy atom. The van der Waals surface area contributed by atoms with Gasteiger partial charge in [0.1, 0.15) is 11.5 Å². The molecule has 3 aliphatic rings. The van der Waals surface area contributed by atoms with Gasteiger partial charge in [0.05, 0.1) is 5.69 Å². The third kappa shape index (κ3) is 4.50. The van der Waals surface area contributed by atoms with Crippen molar-refractivity contribution in [3.63, 3.8) is 0 Å². The SMILES string of the molecule is Cc1ccc(N(c2ccc(C)cc2)c2cc3c4c(c2)N(C(C)(C)C)c2cc(C)cc5c2B4c2c(cc(C)cc2N5C(C)(C)C)O3)cc1. The summed E-state index contributed by atoms with van der Waals surface area (Å²) in [7, 11) is 0. The fourth-order valence-corrected chi connectivity index (χ4v) is 8.11. The van der Waals surface area contributed by atoms with Crippen LogP contribution in [0.1, 0.15) is 63.8 Å². The molecule has 5 aromatic rings. The molecule has 0 N–H and O–H groups in total. The Morgan fingerprint density at radius 1 is 0.468 bits per heavy atom. The Kier molecular flexibility index (Phi) is 6.29. The molecular weight excluding hydrogens is 573 g/mol. The highest BCUT2D eigenvalue weighted by molar-refractivity contribution is 7.01. The van der Waals surface area contributed by atoms with Crippen LogP contribution in [0.25, 0.3) is 0 Å². The largest absolute Gasteiger partial charge is 0.458 e. The molecule has 0 saturated heterocycles. The van der Waals surface area contributed by atoms with Crippen molar-refractivity contribution in [3.05, 3.63) is 107 Å². The second kappa shape index (κ2) is 9.93. The number of hydrogen-bond acceptors (Lipinski definition) is 4. The van der Waals surface area contributed by atoms with Crippen LogP contribution in [0.3, 0.4) is 0 Å². The first kappa shape index (κ1) is 29.7. The summed E-state index contributed by atoms with van der Waals surface area (Å²) in [5.41, 5.74) is 17.0. The summed E-state index contributed by atoms with van der Waals surface area (Å²) >= 11 is 0. The fourth-order valence-electron chi connectivity index (χ4n) is 8.11. The third-order valence-corrected chi connectivity index (χ3v) is 9.88. The molecule has 0 atom stereocenters. The molecule has 0 spiro atoms. The molecular formula is C42H44BN3O. The normalized spacial score (nSPS) is 14.2. The van der Waals surface area contributed by atoms with Gasteiger partial charge in [0.2, 0.25) is 0 Å². The maximum atomic E-state index is 7.10. The van der Waals surface area contributed by atoms with E-state index in [2.05, 4.69) is 169 Å². The van der Waals surface area contributed by atoms with E-state index in [-0.39, 0.29) is 17.8 Å². The third-order valence-electron chi connectivity index (χ3n) is 9.88. The monoisotopic (exact) mass is 617 g/mol. The van der Waals surface area contributed by atoms with Crippen LogP contribution in [-0.2, 0) is 0 Å². The predicted octanol–water partition coefficient (Wildman–Crippen LogP) is 9.51. The molecule has 0 aliphatic carbocycles. The standard InChI is InChI=1S/C42H44BN3O/c1-25-11-15-29(16-12-25)44(30-17-13-26(2)14-18-30)31-23-35-40-37(24-31)47-36-22-28(4)21-34-39(36)43(40)38-32(45(34)41(5,6)7)19-27(3)20-33(38)46(35)42(8,9)10/h11-24H,1-10H3. The zero-order chi connectivity index (χ0) is 33.2. The first-order valence-electron chi connectivity index (χ1n) is 16.9. The zero-order valence-corrected chi connectivity index (χ0v) is 29.4. The molecule has 0 saturated carbocycles. The van der Waals surface area contributed by atoms with E-state index in [1.165, 1.54) is 61.4 Å². The van der Waals surface area contributed by atoms with Gasteiger partial charge in [0.15, 0.2) is 0 Å². The first-order valence-corrected chi connectivity index (χ1v) is 16.9. The summed E-state index contributed by atoms with van der Waals surface area (Å²) in [6.07, 6.45) is 0. The summed E-state index contributed by atoms with van der Waals surface area (Å²) in [5, 5.41) is 0. The molecule has 0 unspecified atom stereocenters. The molecule has 0 aromatic heterocycles. The van der Waals surface area contributed by atoms with Gasteiger partial charge in [-0.05, 0) is 151 Å². The van der Waals surface area contributed by atoms with Crippen LogP contribution in [0.2, 0.25) is 0 Å². The molecule has 5 heteroatoms. The molecule has 236 valence electrons. The Labute approximate surface area is 280 Å². The molecule has 0 amide bonds. The van der Waals surface area contributed by atoms with E-state index < -0.39 is 0 Å². The smallest absolute Gasteiger partial charge is 0.261 e. The molecule has 3 heterocycles. The van der Waals surface area contributed by atoms with E-state index in [4.69, 9.17) is 4.74 Å². The summed E-state index contributed by atoms with van der Waals surface area (Å²) in [6.45, 7) is 22.8. The van der Waals surface area contributed by atoms with Crippen molar-refractivity contribution < 1.29 is 4.74 Å². The molecule has 8 rings (SSSR count). The zero-order valence-electron chi connectivity index (χ0n) is 29.4. The van der Waals surface area contributed by atoms with Crippen molar-refractivity contribution in [1.29, 1.82) is 0 Å². The summed E-state index contributed by atoms with van der Waals surface area (Å²) < 4.78 is 7.10. The minimum Gasteiger partial charge on any atom is -0.458 e. The summed E-state index contributed by atoms with van der Waals surface area (Å²) in [5.74, 6) is 1.90. The Balaban J connectivity index is 1.47. The molecule has 0 fully saturated rings.